The molecule has 0 saturated heterocycles. The number of hydrogen-bond donors (Lipinski definition) is 1. The molecule has 1 N–H and O–H groups in total. The van der Waals surface area contributed by atoms with Gasteiger partial charge in [-0.3, -0.25) is 10.3 Å². The lowest BCUT2D eigenvalue weighted by molar-refractivity contribution is 0.118. The molecule has 2 rings (SSSR count). The van der Waals surface area contributed by atoms with E-state index in [2.05, 4.69) is 5.48 Å². The third-order valence-electron chi connectivity index (χ3n) is 2.69. The summed E-state index contributed by atoms with van der Waals surface area (Å²) in [6.45, 7) is 1.94. The minimum absolute atomic E-state index is 0.888. The molecule has 0 unspecified atom stereocenters. The van der Waals surface area contributed by atoms with Crippen molar-refractivity contribution < 1.29 is 4.84 Å². The molecule has 0 bridgehead atoms. The molecule has 102 valence electrons. The van der Waals surface area contributed by atoms with Gasteiger partial charge in [-0.2, -0.15) is 0 Å². The molecule has 0 radical (unpaired) electrons. The number of hydroxylamine groups is 1. The molecular weight excluding hydrogens is 248 g/mol. The van der Waals surface area contributed by atoms with Crippen LogP contribution in [0.4, 0.5) is 5.69 Å². The first-order valence-electron chi connectivity index (χ1n) is 6.46. The SMILES string of the molecule is CON/C(C)=C\C(=Nc1ccccc1)c1ccccc1. The highest BCUT2D eigenvalue weighted by Gasteiger charge is 2.01. The molecular formula is C17H18N2O. The van der Waals surface area contributed by atoms with Gasteiger partial charge in [0, 0.05) is 11.3 Å². The third-order valence-corrected chi connectivity index (χ3v) is 2.69. The molecule has 3 heteroatoms. The Morgan fingerprint density at radius 1 is 1.00 bits per heavy atom. The van der Waals surface area contributed by atoms with E-state index in [1.165, 1.54) is 0 Å². The largest absolute Gasteiger partial charge is 0.280 e. The van der Waals surface area contributed by atoms with Crippen LogP contribution >= 0.6 is 0 Å². The van der Waals surface area contributed by atoms with E-state index in [-0.39, 0.29) is 0 Å². The fraction of sp³-hybridized carbons (Fsp3) is 0.118. The summed E-state index contributed by atoms with van der Waals surface area (Å²) < 4.78 is 0. The molecule has 0 aliphatic rings. The van der Waals surface area contributed by atoms with Crippen molar-refractivity contribution in [1.29, 1.82) is 0 Å². The molecule has 0 aromatic heterocycles. The zero-order valence-corrected chi connectivity index (χ0v) is 11.7. The van der Waals surface area contributed by atoms with Crippen LogP contribution in [-0.4, -0.2) is 12.8 Å². The lowest BCUT2D eigenvalue weighted by Crippen LogP contribution is -2.10. The van der Waals surface area contributed by atoms with Crippen molar-refractivity contribution in [3.05, 3.63) is 78.0 Å². The van der Waals surface area contributed by atoms with Crippen LogP contribution in [0.1, 0.15) is 12.5 Å². The van der Waals surface area contributed by atoms with Crippen LogP contribution in [0.5, 0.6) is 0 Å². The summed E-state index contributed by atoms with van der Waals surface area (Å²) >= 11 is 0. The Labute approximate surface area is 119 Å². The Morgan fingerprint density at radius 3 is 2.20 bits per heavy atom. The summed E-state index contributed by atoms with van der Waals surface area (Å²) in [5.41, 5.74) is 6.58. The first-order valence-corrected chi connectivity index (χ1v) is 6.46. The first kappa shape index (κ1) is 14.0. The maximum Gasteiger partial charge on any atom is 0.0727 e. The van der Waals surface area contributed by atoms with Crippen LogP contribution in [0.3, 0.4) is 0 Å². The van der Waals surface area contributed by atoms with Gasteiger partial charge in [-0.15, -0.1) is 0 Å². The number of benzene rings is 2. The van der Waals surface area contributed by atoms with Crippen molar-refractivity contribution in [3.63, 3.8) is 0 Å². The Kier molecular flexibility index (Phi) is 5.09. The number of nitrogens with zero attached hydrogens (tertiary/aromatic N) is 1. The third kappa shape index (κ3) is 4.07. The Hall–Kier alpha value is -2.39. The van der Waals surface area contributed by atoms with E-state index in [0.717, 1.165) is 22.7 Å². The van der Waals surface area contributed by atoms with Crippen LogP contribution < -0.4 is 5.48 Å². The Morgan fingerprint density at radius 2 is 1.60 bits per heavy atom. The van der Waals surface area contributed by atoms with E-state index in [1.54, 1.807) is 7.11 Å². The maximum atomic E-state index is 4.92. The monoisotopic (exact) mass is 266 g/mol. The van der Waals surface area contributed by atoms with Crippen molar-refractivity contribution in [2.75, 3.05) is 7.11 Å². The number of nitrogens with one attached hydrogen (secondary N) is 1. The number of aliphatic imine (C=N–C) groups is 1. The van der Waals surface area contributed by atoms with Crippen molar-refractivity contribution in [3.8, 4) is 0 Å². The van der Waals surface area contributed by atoms with Crippen molar-refractivity contribution >= 4 is 11.4 Å². The fourth-order valence-corrected chi connectivity index (χ4v) is 1.83. The minimum atomic E-state index is 0.888. The lowest BCUT2D eigenvalue weighted by atomic mass is 10.1. The predicted octanol–water partition coefficient (Wildman–Crippen LogP) is 3.86. The van der Waals surface area contributed by atoms with Gasteiger partial charge in [0.05, 0.1) is 18.5 Å². The highest BCUT2D eigenvalue weighted by molar-refractivity contribution is 6.10. The van der Waals surface area contributed by atoms with Crippen LogP contribution in [-0.2, 0) is 4.84 Å². The second-order valence-electron chi connectivity index (χ2n) is 4.33. The average Bonchev–Trinajstić information content (AvgIpc) is 2.49. The minimum Gasteiger partial charge on any atom is -0.280 e. The molecule has 0 amide bonds. The van der Waals surface area contributed by atoms with Crippen molar-refractivity contribution in [2.24, 2.45) is 4.99 Å². The van der Waals surface area contributed by atoms with Gasteiger partial charge in [-0.1, -0.05) is 48.5 Å². The summed E-state index contributed by atoms with van der Waals surface area (Å²) in [7, 11) is 1.59. The number of para-hydroxylation sites is 1. The molecule has 0 fully saturated rings. The molecule has 20 heavy (non-hydrogen) atoms. The molecule has 3 nitrogen and oxygen atoms in total. The summed E-state index contributed by atoms with van der Waals surface area (Å²) in [4.78, 5) is 9.61. The summed E-state index contributed by atoms with van der Waals surface area (Å²) in [5.74, 6) is 0. The second-order valence-corrected chi connectivity index (χ2v) is 4.33. The zero-order chi connectivity index (χ0) is 14.2. The smallest absolute Gasteiger partial charge is 0.0727 e. The molecule has 0 aliphatic heterocycles. The van der Waals surface area contributed by atoms with Crippen molar-refractivity contribution in [2.45, 2.75) is 6.92 Å². The molecule has 0 atom stereocenters. The van der Waals surface area contributed by atoms with Gasteiger partial charge in [0.15, 0.2) is 0 Å². The van der Waals surface area contributed by atoms with E-state index in [9.17, 15) is 0 Å². The Balaban J connectivity index is 2.40. The zero-order valence-electron chi connectivity index (χ0n) is 11.7. The highest BCUT2D eigenvalue weighted by Crippen LogP contribution is 2.14. The molecule has 2 aromatic carbocycles. The van der Waals surface area contributed by atoms with Gasteiger partial charge in [-0.25, -0.2) is 4.99 Å². The van der Waals surface area contributed by atoms with Crippen LogP contribution in [0, 0.1) is 0 Å². The summed E-state index contributed by atoms with van der Waals surface area (Å²) in [6, 6.07) is 20.0. The highest BCUT2D eigenvalue weighted by atomic mass is 16.6. The van der Waals surface area contributed by atoms with Gasteiger partial charge >= 0.3 is 0 Å². The topological polar surface area (TPSA) is 33.6 Å². The van der Waals surface area contributed by atoms with Crippen LogP contribution in [0.25, 0.3) is 0 Å². The molecule has 2 aromatic rings. The lowest BCUT2D eigenvalue weighted by Gasteiger charge is -2.06. The maximum absolute atomic E-state index is 4.92. The van der Waals surface area contributed by atoms with Crippen molar-refractivity contribution in [1.82, 2.24) is 5.48 Å². The van der Waals surface area contributed by atoms with Crippen LogP contribution in [0.15, 0.2) is 77.4 Å². The van der Waals surface area contributed by atoms with Crippen LogP contribution in [0.2, 0.25) is 0 Å². The predicted molar refractivity (Wildman–Crippen MR) is 83.0 cm³/mol. The number of rotatable bonds is 5. The van der Waals surface area contributed by atoms with E-state index in [0.29, 0.717) is 0 Å². The van der Waals surface area contributed by atoms with E-state index in [1.807, 2.05) is 73.7 Å². The standard InChI is InChI=1S/C17H18N2O/c1-14(19-20-2)13-17(15-9-5-3-6-10-15)18-16-11-7-4-8-12-16/h3-13,19H,1-2H3/b14-13-,18-17?. The summed E-state index contributed by atoms with van der Waals surface area (Å²) in [6.07, 6.45) is 1.96. The quantitative estimate of drug-likeness (QED) is 0.658. The summed E-state index contributed by atoms with van der Waals surface area (Å²) in [5, 5.41) is 0. The Bertz CT molecular complexity index is 589. The number of allylic oxidation sites excluding steroid dienone is 2. The van der Waals surface area contributed by atoms with Gasteiger partial charge in [0.25, 0.3) is 0 Å². The normalized spacial score (nSPS) is 12.3. The molecule has 0 heterocycles. The van der Waals surface area contributed by atoms with Gasteiger partial charge in [-0.05, 0) is 25.1 Å². The van der Waals surface area contributed by atoms with Gasteiger partial charge in [0.1, 0.15) is 0 Å². The van der Waals surface area contributed by atoms with E-state index >= 15 is 0 Å². The van der Waals surface area contributed by atoms with Gasteiger partial charge < -0.3 is 0 Å². The van der Waals surface area contributed by atoms with E-state index < -0.39 is 0 Å². The molecule has 0 saturated carbocycles. The second kappa shape index (κ2) is 7.26. The van der Waals surface area contributed by atoms with E-state index in [4.69, 9.17) is 9.83 Å². The molecule has 0 spiro atoms. The first-order chi connectivity index (χ1) is 9.79. The average molecular weight is 266 g/mol. The fourth-order valence-electron chi connectivity index (χ4n) is 1.83. The number of hydrogen-bond acceptors (Lipinski definition) is 3. The van der Waals surface area contributed by atoms with Gasteiger partial charge in [0.2, 0.25) is 0 Å². The molecule has 0 aliphatic carbocycles.